The lowest BCUT2D eigenvalue weighted by Gasteiger charge is -2.23. The molecule has 1 heterocycles. The minimum Gasteiger partial charge on any atom is -0.340 e. The van der Waals surface area contributed by atoms with Crippen molar-refractivity contribution in [2.24, 2.45) is 0 Å². The summed E-state index contributed by atoms with van der Waals surface area (Å²) in [6, 6.07) is 22.5. The van der Waals surface area contributed by atoms with E-state index in [2.05, 4.69) is 0 Å². The SMILES string of the molecule is Cc1cc2cc(C(C(F)(F)F)C(F)(F)F)ccc2n1Cc1cccc(-c2ccccc2)c1. The van der Waals surface area contributed by atoms with Crippen LogP contribution in [0, 0.1) is 6.92 Å². The zero-order valence-corrected chi connectivity index (χ0v) is 17.0. The number of hydrogen-bond acceptors (Lipinski definition) is 0. The van der Waals surface area contributed by atoms with Crippen LogP contribution >= 0.6 is 0 Å². The number of benzene rings is 3. The Labute approximate surface area is 180 Å². The van der Waals surface area contributed by atoms with E-state index in [1.54, 1.807) is 13.0 Å². The van der Waals surface area contributed by atoms with Crippen LogP contribution in [0.5, 0.6) is 0 Å². The Morgan fingerprint density at radius 3 is 2.03 bits per heavy atom. The van der Waals surface area contributed by atoms with Crippen molar-refractivity contribution >= 4 is 10.9 Å². The molecule has 7 heteroatoms. The first-order valence-electron chi connectivity index (χ1n) is 9.91. The van der Waals surface area contributed by atoms with Crippen molar-refractivity contribution in [1.82, 2.24) is 4.57 Å². The van der Waals surface area contributed by atoms with Crippen molar-refractivity contribution in [2.75, 3.05) is 0 Å². The Bertz CT molecular complexity index is 1220. The minimum absolute atomic E-state index is 0.345. The number of fused-ring (bicyclic) bond motifs is 1. The molecule has 0 fully saturated rings. The molecular formula is C25H19F6N. The number of alkyl halides is 6. The van der Waals surface area contributed by atoms with E-state index in [0.29, 0.717) is 17.4 Å². The predicted octanol–water partition coefficient (Wildman–Crippen LogP) is 7.87. The Balaban J connectivity index is 1.71. The smallest absolute Gasteiger partial charge is 0.340 e. The fraction of sp³-hybridized carbons (Fsp3) is 0.200. The highest BCUT2D eigenvalue weighted by Crippen LogP contribution is 2.46. The lowest BCUT2D eigenvalue weighted by atomic mass is 9.96. The monoisotopic (exact) mass is 447 g/mol. The number of rotatable bonds is 4. The molecule has 0 bridgehead atoms. The first-order valence-corrected chi connectivity index (χ1v) is 9.91. The number of aryl methyl sites for hydroxylation is 1. The average Bonchev–Trinajstić information content (AvgIpc) is 3.01. The van der Waals surface area contributed by atoms with Gasteiger partial charge in [-0.15, -0.1) is 0 Å². The largest absolute Gasteiger partial charge is 0.404 e. The summed E-state index contributed by atoms with van der Waals surface area (Å²) < 4.78 is 80.6. The summed E-state index contributed by atoms with van der Waals surface area (Å²) in [5.41, 5.74) is 3.58. The van der Waals surface area contributed by atoms with Crippen LogP contribution in [0.2, 0.25) is 0 Å². The van der Waals surface area contributed by atoms with E-state index in [0.717, 1.165) is 34.5 Å². The van der Waals surface area contributed by atoms with Gasteiger partial charge in [0.1, 0.15) is 0 Å². The van der Waals surface area contributed by atoms with Gasteiger partial charge in [-0.25, -0.2) is 0 Å². The fourth-order valence-corrected chi connectivity index (χ4v) is 4.04. The number of hydrogen-bond donors (Lipinski definition) is 0. The second-order valence-corrected chi connectivity index (χ2v) is 7.77. The van der Waals surface area contributed by atoms with Crippen LogP contribution in [0.1, 0.15) is 22.7 Å². The first-order chi connectivity index (χ1) is 15.0. The van der Waals surface area contributed by atoms with Gasteiger partial charge < -0.3 is 4.57 Å². The highest BCUT2D eigenvalue weighted by atomic mass is 19.4. The maximum atomic E-state index is 13.1. The minimum atomic E-state index is -5.42. The van der Waals surface area contributed by atoms with Gasteiger partial charge in [0.05, 0.1) is 0 Å². The third-order valence-corrected chi connectivity index (χ3v) is 5.50. The zero-order valence-electron chi connectivity index (χ0n) is 17.0. The molecule has 0 saturated heterocycles. The number of nitrogens with zero attached hydrogens (tertiary/aromatic N) is 1. The van der Waals surface area contributed by atoms with Crippen molar-refractivity contribution < 1.29 is 26.3 Å². The molecule has 0 amide bonds. The molecule has 0 aliphatic carbocycles. The molecule has 0 aliphatic heterocycles. The summed E-state index contributed by atoms with van der Waals surface area (Å²) >= 11 is 0. The molecule has 0 atom stereocenters. The van der Waals surface area contributed by atoms with E-state index in [9.17, 15) is 26.3 Å². The maximum absolute atomic E-state index is 13.1. The van der Waals surface area contributed by atoms with Crippen LogP contribution in [0.15, 0.2) is 78.9 Å². The molecule has 4 aromatic rings. The standard InChI is InChI=1S/C25H19F6N/c1-16-12-21-14-20(23(24(26,27)28)25(29,30)31)10-11-22(21)32(16)15-17-6-5-9-19(13-17)18-7-3-2-4-8-18/h2-14,23H,15H2,1H3. The van der Waals surface area contributed by atoms with Gasteiger partial charge in [0.2, 0.25) is 0 Å². The van der Waals surface area contributed by atoms with Gasteiger partial charge in [0, 0.05) is 23.1 Å². The van der Waals surface area contributed by atoms with Gasteiger partial charge in [-0.1, -0.05) is 54.6 Å². The van der Waals surface area contributed by atoms with Crippen LogP contribution in [0.3, 0.4) is 0 Å². The fourth-order valence-electron chi connectivity index (χ4n) is 4.04. The van der Waals surface area contributed by atoms with Crippen molar-refractivity contribution in [1.29, 1.82) is 0 Å². The van der Waals surface area contributed by atoms with Gasteiger partial charge in [-0.05, 0) is 53.4 Å². The molecule has 0 unspecified atom stereocenters. The molecule has 166 valence electrons. The Hall–Kier alpha value is -3.22. The van der Waals surface area contributed by atoms with Crippen molar-refractivity contribution in [3.05, 3.63) is 95.7 Å². The predicted molar refractivity (Wildman–Crippen MR) is 113 cm³/mol. The van der Waals surface area contributed by atoms with Crippen molar-refractivity contribution in [3.63, 3.8) is 0 Å². The van der Waals surface area contributed by atoms with Crippen LogP contribution in [-0.2, 0) is 6.54 Å². The molecule has 1 nitrogen and oxygen atoms in total. The Morgan fingerprint density at radius 1 is 0.719 bits per heavy atom. The van der Waals surface area contributed by atoms with Gasteiger partial charge >= 0.3 is 12.4 Å². The number of halogens is 6. The topological polar surface area (TPSA) is 4.93 Å². The van der Waals surface area contributed by atoms with Crippen molar-refractivity contribution in [3.8, 4) is 11.1 Å². The van der Waals surface area contributed by atoms with E-state index < -0.39 is 23.8 Å². The van der Waals surface area contributed by atoms with E-state index in [1.807, 2.05) is 59.2 Å². The summed E-state index contributed by atoms with van der Waals surface area (Å²) in [4.78, 5) is 0. The van der Waals surface area contributed by atoms with Crippen molar-refractivity contribution in [2.45, 2.75) is 31.7 Å². The number of aromatic nitrogens is 1. The van der Waals surface area contributed by atoms with Crippen LogP contribution in [0.25, 0.3) is 22.0 Å². The van der Waals surface area contributed by atoms with Gasteiger partial charge in [0.15, 0.2) is 5.92 Å². The van der Waals surface area contributed by atoms with Crippen LogP contribution in [-0.4, -0.2) is 16.9 Å². The van der Waals surface area contributed by atoms with Gasteiger partial charge in [-0.2, -0.15) is 26.3 Å². The zero-order chi connectivity index (χ0) is 23.1. The highest BCUT2D eigenvalue weighted by molar-refractivity contribution is 5.82. The average molecular weight is 447 g/mol. The summed E-state index contributed by atoms with van der Waals surface area (Å²) in [6.07, 6.45) is -10.8. The summed E-state index contributed by atoms with van der Waals surface area (Å²) in [5, 5.41) is 0.345. The normalized spacial score (nSPS) is 12.6. The van der Waals surface area contributed by atoms with Crippen LogP contribution < -0.4 is 0 Å². The third kappa shape index (κ3) is 4.38. The molecular weight excluding hydrogens is 428 g/mol. The van der Waals surface area contributed by atoms with Gasteiger partial charge in [-0.3, -0.25) is 0 Å². The van der Waals surface area contributed by atoms with Gasteiger partial charge in [0.25, 0.3) is 0 Å². The molecule has 0 aliphatic rings. The second-order valence-electron chi connectivity index (χ2n) is 7.77. The molecule has 0 saturated carbocycles. The van der Waals surface area contributed by atoms with E-state index >= 15 is 0 Å². The highest BCUT2D eigenvalue weighted by Gasteiger charge is 2.57. The summed E-state index contributed by atoms with van der Waals surface area (Å²) in [6.45, 7) is 2.23. The van der Waals surface area contributed by atoms with E-state index in [1.165, 1.54) is 6.07 Å². The molecule has 0 radical (unpaired) electrons. The first kappa shape index (κ1) is 22.0. The molecule has 4 rings (SSSR count). The molecule has 0 N–H and O–H groups in total. The summed E-state index contributed by atoms with van der Waals surface area (Å²) in [7, 11) is 0. The quantitative estimate of drug-likeness (QED) is 0.281. The van der Waals surface area contributed by atoms with Crippen LogP contribution in [0.4, 0.5) is 26.3 Å². The lowest BCUT2D eigenvalue weighted by Crippen LogP contribution is -2.34. The van der Waals surface area contributed by atoms with E-state index in [-0.39, 0.29) is 0 Å². The third-order valence-electron chi connectivity index (χ3n) is 5.50. The molecule has 32 heavy (non-hydrogen) atoms. The Morgan fingerprint density at radius 2 is 1.38 bits per heavy atom. The van der Waals surface area contributed by atoms with E-state index in [4.69, 9.17) is 0 Å². The molecule has 0 spiro atoms. The maximum Gasteiger partial charge on any atom is 0.404 e. The second kappa shape index (κ2) is 8.04. The lowest BCUT2D eigenvalue weighted by molar-refractivity contribution is -0.253. The Kier molecular flexibility index (Phi) is 5.53. The molecule has 3 aromatic carbocycles. The summed E-state index contributed by atoms with van der Waals surface area (Å²) in [5.74, 6) is -3.51. The molecule has 1 aromatic heterocycles.